The van der Waals surface area contributed by atoms with E-state index in [1.807, 2.05) is 53.3 Å². The van der Waals surface area contributed by atoms with Gasteiger partial charge in [-0.3, -0.25) is 14.0 Å². The van der Waals surface area contributed by atoms with Gasteiger partial charge >= 0.3 is 0 Å². The molecule has 9 heteroatoms. The molecule has 3 heterocycles. The molecule has 4 aromatic rings. The maximum atomic E-state index is 12.6. The quantitative estimate of drug-likeness (QED) is 0.418. The van der Waals surface area contributed by atoms with Crippen molar-refractivity contribution in [1.82, 2.24) is 29.9 Å². The minimum absolute atomic E-state index is 0.0538. The normalized spacial score (nSPS) is 12.3. The van der Waals surface area contributed by atoms with Gasteiger partial charge in [0.25, 0.3) is 5.56 Å². The summed E-state index contributed by atoms with van der Waals surface area (Å²) in [7, 11) is 0. The fraction of sp³-hybridized carbons (Fsp3) is 0.318. The summed E-state index contributed by atoms with van der Waals surface area (Å²) < 4.78 is 1.91. The van der Waals surface area contributed by atoms with Gasteiger partial charge in [0.05, 0.1) is 16.9 Å². The fourth-order valence-electron chi connectivity index (χ4n) is 3.54. The van der Waals surface area contributed by atoms with Crippen LogP contribution in [-0.4, -0.2) is 42.5 Å². The van der Waals surface area contributed by atoms with E-state index < -0.39 is 0 Å². The number of thioether (sulfide) groups is 1. The molecule has 8 nitrogen and oxygen atoms in total. The number of pyridine rings is 1. The summed E-state index contributed by atoms with van der Waals surface area (Å²) in [5.41, 5.74) is 1.27. The number of nitrogens with one attached hydrogen (secondary N) is 2. The molecule has 1 amide bonds. The summed E-state index contributed by atoms with van der Waals surface area (Å²) in [5, 5.41) is 12.2. The van der Waals surface area contributed by atoms with Crippen molar-refractivity contribution in [3.63, 3.8) is 0 Å². The van der Waals surface area contributed by atoms with Crippen LogP contribution in [0.25, 0.3) is 16.6 Å². The van der Waals surface area contributed by atoms with Crippen LogP contribution in [-0.2, 0) is 11.2 Å². The molecule has 2 N–H and O–H groups in total. The molecule has 4 rings (SSSR count). The van der Waals surface area contributed by atoms with Crippen molar-refractivity contribution in [2.75, 3.05) is 12.0 Å². The van der Waals surface area contributed by atoms with Gasteiger partial charge in [-0.15, -0.1) is 10.2 Å². The third-order valence-electron chi connectivity index (χ3n) is 5.08. The highest BCUT2D eigenvalue weighted by Crippen LogP contribution is 2.18. The average molecular weight is 437 g/mol. The number of aromatic nitrogens is 5. The Hall–Kier alpha value is -3.20. The van der Waals surface area contributed by atoms with Gasteiger partial charge in [-0.2, -0.15) is 11.8 Å². The monoisotopic (exact) mass is 436 g/mol. The highest BCUT2D eigenvalue weighted by molar-refractivity contribution is 7.98. The summed E-state index contributed by atoms with van der Waals surface area (Å²) in [6, 6.07) is 12.8. The third-order valence-corrected chi connectivity index (χ3v) is 5.72. The molecule has 0 bridgehead atoms. The highest BCUT2D eigenvalue weighted by Gasteiger charge is 2.20. The summed E-state index contributed by atoms with van der Waals surface area (Å²) in [5.74, 6) is 2.17. The predicted octanol–water partition coefficient (Wildman–Crippen LogP) is 2.90. The van der Waals surface area contributed by atoms with E-state index in [1.54, 1.807) is 17.8 Å². The lowest BCUT2D eigenvalue weighted by atomic mass is 10.1. The van der Waals surface area contributed by atoms with Crippen molar-refractivity contribution in [3.8, 4) is 0 Å². The van der Waals surface area contributed by atoms with Crippen molar-refractivity contribution in [3.05, 3.63) is 70.7 Å². The van der Waals surface area contributed by atoms with E-state index in [-0.39, 0.29) is 17.5 Å². The van der Waals surface area contributed by atoms with E-state index in [0.717, 1.165) is 23.6 Å². The summed E-state index contributed by atoms with van der Waals surface area (Å²) in [6.45, 7) is 0. The molecule has 0 spiro atoms. The van der Waals surface area contributed by atoms with Crippen LogP contribution in [0.4, 0.5) is 0 Å². The number of carbonyl (C=O) groups is 1. The molecule has 0 saturated heterocycles. The van der Waals surface area contributed by atoms with Gasteiger partial charge in [-0.25, -0.2) is 4.98 Å². The summed E-state index contributed by atoms with van der Waals surface area (Å²) in [6.07, 6.45) is 6.16. The van der Waals surface area contributed by atoms with Gasteiger partial charge in [-0.1, -0.05) is 18.2 Å². The van der Waals surface area contributed by atoms with E-state index in [2.05, 4.69) is 25.5 Å². The number of carbonyl (C=O) groups excluding carboxylic acids is 1. The second kappa shape index (κ2) is 9.74. The lowest BCUT2D eigenvalue weighted by Crippen LogP contribution is -2.30. The molecule has 160 valence electrons. The molecule has 1 atom stereocenters. The molecule has 0 aliphatic rings. The van der Waals surface area contributed by atoms with Crippen LogP contribution < -0.4 is 10.9 Å². The molecule has 0 aliphatic heterocycles. The maximum Gasteiger partial charge on any atom is 0.258 e. The van der Waals surface area contributed by atoms with Gasteiger partial charge in [0.2, 0.25) is 5.91 Å². The number of aryl methyl sites for hydroxylation is 1. The van der Waals surface area contributed by atoms with Gasteiger partial charge in [0.1, 0.15) is 5.82 Å². The van der Waals surface area contributed by atoms with Crippen LogP contribution in [0.15, 0.2) is 53.5 Å². The smallest absolute Gasteiger partial charge is 0.258 e. The van der Waals surface area contributed by atoms with E-state index in [1.165, 1.54) is 0 Å². The SMILES string of the molecule is CSCC[C@@H](NC(=O)CCCc1nc2ccccc2c(=O)[nH]1)c1nnc2ccccn12. The number of amides is 1. The molecule has 31 heavy (non-hydrogen) atoms. The second-order valence-electron chi connectivity index (χ2n) is 7.27. The highest BCUT2D eigenvalue weighted by atomic mass is 32.2. The standard InChI is InChI=1S/C22H24N6O2S/c1-31-14-12-17(21-27-26-19-10-4-5-13-28(19)21)24-20(29)11-6-9-18-23-16-8-3-2-7-15(16)22(30)25-18/h2-5,7-8,10,13,17H,6,9,11-12,14H2,1H3,(H,24,29)(H,23,25,30)/t17-/m1/s1. The summed E-state index contributed by atoms with van der Waals surface area (Å²) >= 11 is 1.73. The Morgan fingerprint density at radius 1 is 1.19 bits per heavy atom. The van der Waals surface area contributed by atoms with Crippen LogP contribution in [0.5, 0.6) is 0 Å². The van der Waals surface area contributed by atoms with Crippen LogP contribution in [0.2, 0.25) is 0 Å². The van der Waals surface area contributed by atoms with Crippen molar-refractivity contribution in [2.24, 2.45) is 0 Å². The molecule has 1 aromatic carbocycles. The van der Waals surface area contributed by atoms with Gasteiger partial charge in [0.15, 0.2) is 11.5 Å². The lowest BCUT2D eigenvalue weighted by molar-refractivity contribution is -0.122. The number of hydrogen-bond acceptors (Lipinski definition) is 6. The predicted molar refractivity (Wildman–Crippen MR) is 122 cm³/mol. The van der Waals surface area contributed by atoms with E-state index >= 15 is 0 Å². The molecule has 0 aliphatic carbocycles. The zero-order valence-corrected chi connectivity index (χ0v) is 18.1. The number of hydrogen-bond donors (Lipinski definition) is 2. The number of fused-ring (bicyclic) bond motifs is 2. The van der Waals surface area contributed by atoms with Crippen LogP contribution in [0.3, 0.4) is 0 Å². The van der Waals surface area contributed by atoms with E-state index in [9.17, 15) is 9.59 Å². The Balaban J connectivity index is 1.40. The molecule has 0 unspecified atom stereocenters. The second-order valence-corrected chi connectivity index (χ2v) is 8.26. The number of benzene rings is 1. The minimum Gasteiger partial charge on any atom is -0.346 e. The van der Waals surface area contributed by atoms with Gasteiger partial charge in [-0.05, 0) is 49.1 Å². The van der Waals surface area contributed by atoms with Gasteiger partial charge in [0, 0.05) is 19.0 Å². The topological polar surface area (TPSA) is 105 Å². The van der Waals surface area contributed by atoms with Crippen molar-refractivity contribution in [1.29, 1.82) is 0 Å². The maximum absolute atomic E-state index is 12.6. The number of H-pyrrole nitrogens is 1. The van der Waals surface area contributed by atoms with Crippen LogP contribution in [0.1, 0.15) is 37.0 Å². The molecule has 0 fully saturated rings. The Bertz CT molecular complexity index is 1250. The number of rotatable bonds is 9. The lowest BCUT2D eigenvalue weighted by Gasteiger charge is -2.17. The van der Waals surface area contributed by atoms with Crippen molar-refractivity contribution in [2.45, 2.75) is 31.7 Å². The first-order valence-corrected chi connectivity index (χ1v) is 11.6. The van der Waals surface area contributed by atoms with Crippen molar-refractivity contribution >= 4 is 34.2 Å². The third kappa shape index (κ3) is 4.93. The zero-order valence-electron chi connectivity index (χ0n) is 17.2. The number of para-hydroxylation sites is 1. The van der Waals surface area contributed by atoms with Crippen molar-refractivity contribution < 1.29 is 4.79 Å². The number of aromatic amines is 1. The first-order chi connectivity index (χ1) is 15.2. The van der Waals surface area contributed by atoms with E-state index in [4.69, 9.17) is 0 Å². The molecular weight excluding hydrogens is 412 g/mol. The summed E-state index contributed by atoms with van der Waals surface area (Å²) in [4.78, 5) is 32.1. The van der Waals surface area contributed by atoms with E-state index in [0.29, 0.717) is 36.0 Å². The zero-order chi connectivity index (χ0) is 21.6. The molecule has 0 saturated carbocycles. The van der Waals surface area contributed by atoms with Gasteiger partial charge < -0.3 is 10.3 Å². The molecule has 0 radical (unpaired) electrons. The number of nitrogens with zero attached hydrogens (tertiary/aromatic N) is 4. The van der Waals surface area contributed by atoms with Crippen LogP contribution in [0, 0.1) is 0 Å². The molecule has 3 aromatic heterocycles. The Labute approximate surface area is 183 Å². The Morgan fingerprint density at radius 3 is 2.90 bits per heavy atom. The Morgan fingerprint density at radius 2 is 2.03 bits per heavy atom. The largest absolute Gasteiger partial charge is 0.346 e. The first-order valence-electron chi connectivity index (χ1n) is 10.2. The first kappa shape index (κ1) is 21.0. The Kier molecular flexibility index (Phi) is 6.61. The fourth-order valence-corrected chi connectivity index (χ4v) is 4.01. The molecular formula is C22H24N6O2S. The average Bonchev–Trinajstić information content (AvgIpc) is 3.21. The minimum atomic E-state index is -0.212. The van der Waals surface area contributed by atoms with Crippen LogP contribution >= 0.6 is 11.8 Å².